The van der Waals surface area contributed by atoms with Crippen LogP contribution >= 0.6 is 0 Å². The molecule has 4 rings (SSSR count). The van der Waals surface area contributed by atoms with Crippen molar-refractivity contribution in [3.8, 4) is 23.3 Å². The molecule has 0 unspecified atom stereocenters. The van der Waals surface area contributed by atoms with Crippen molar-refractivity contribution in [2.45, 2.75) is 32.2 Å². The van der Waals surface area contributed by atoms with Gasteiger partial charge in [0.25, 0.3) is 11.8 Å². The lowest BCUT2D eigenvalue weighted by Crippen LogP contribution is -2.32. The Balaban J connectivity index is 1.89. The second kappa shape index (κ2) is 9.49. The first-order valence-corrected chi connectivity index (χ1v) is 10.7. The number of nitrogens with one attached hydrogen (secondary N) is 1. The summed E-state index contributed by atoms with van der Waals surface area (Å²) in [5.74, 6) is 3.24. The summed E-state index contributed by atoms with van der Waals surface area (Å²) in [5, 5.41) is 1.66. The Morgan fingerprint density at radius 3 is 2.67 bits per heavy atom. The number of para-hydroxylation sites is 1. The SMILES string of the molecule is CC[C@@H]1c2nc3ccc(C#CC(=O)NCC(F)(F)F)cc3n2-c2c(OC(F)F)cccc2C(=O)N1C. The molecule has 2 aromatic carbocycles. The molecule has 2 heterocycles. The number of halogens is 5. The molecule has 1 aliphatic rings. The highest BCUT2D eigenvalue weighted by molar-refractivity contribution is 6.01. The fourth-order valence-electron chi connectivity index (χ4n) is 4.06. The van der Waals surface area contributed by atoms with Gasteiger partial charge < -0.3 is 15.0 Å². The number of alkyl halides is 5. The predicted octanol–water partition coefficient (Wildman–Crippen LogP) is 4.19. The van der Waals surface area contributed by atoms with Gasteiger partial charge >= 0.3 is 12.8 Å². The number of ether oxygens (including phenoxy) is 1. The highest BCUT2D eigenvalue weighted by atomic mass is 19.4. The van der Waals surface area contributed by atoms with E-state index in [0.29, 0.717) is 23.3 Å². The van der Waals surface area contributed by atoms with Gasteiger partial charge in [-0.3, -0.25) is 14.2 Å². The van der Waals surface area contributed by atoms with Crippen molar-refractivity contribution in [2.75, 3.05) is 13.6 Å². The van der Waals surface area contributed by atoms with E-state index in [4.69, 9.17) is 4.74 Å². The predicted molar refractivity (Wildman–Crippen MR) is 119 cm³/mol. The highest BCUT2D eigenvalue weighted by Crippen LogP contribution is 2.40. The van der Waals surface area contributed by atoms with Crippen LogP contribution in [0.15, 0.2) is 36.4 Å². The summed E-state index contributed by atoms with van der Waals surface area (Å²) in [7, 11) is 1.59. The van der Waals surface area contributed by atoms with Gasteiger partial charge in [-0.2, -0.15) is 22.0 Å². The van der Waals surface area contributed by atoms with Crippen molar-refractivity contribution in [2.24, 2.45) is 0 Å². The van der Waals surface area contributed by atoms with E-state index in [1.165, 1.54) is 35.2 Å². The van der Waals surface area contributed by atoms with Crippen LogP contribution in [0.4, 0.5) is 22.0 Å². The van der Waals surface area contributed by atoms with Crippen molar-refractivity contribution in [3.63, 3.8) is 0 Å². The van der Waals surface area contributed by atoms with E-state index in [2.05, 4.69) is 16.8 Å². The number of carbonyl (C=O) groups excluding carboxylic acids is 2. The van der Waals surface area contributed by atoms with Crippen molar-refractivity contribution in [1.29, 1.82) is 0 Å². The molecule has 0 saturated carbocycles. The fraction of sp³-hybridized carbons (Fsp3) is 0.292. The van der Waals surface area contributed by atoms with Gasteiger partial charge in [0.05, 0.1) is 22.6 Å². The first-order valence-electron chi connectivity index (χ1n) is 10.7. The minimum Gasteiger partial charge on any atom is -0.433 e. The average Bonchev–Trinajstić information content (AvgIpc) is 3.14. The Labute approximate surface area is 201 Å². The van der Waals surface area contributed by atoms with Crippen LogP contribution in [-0.2, 0) is 4.79 Å². The second-order valence-electron chi connectivity index (χ2n) is 7.93. The van der Waals surface area contributed by atoms with Crippen LogP contribution in [0.25, 0.3) is 16.7 Å². The summed E-state index contributed by atoms with van der Waals surface area (Å²) in [4.78, 5) is 31.0. The number of fused-ring (bicyclic) bond motifs is 5. The first kappa shape index (κ1) is 25.0. The standard InChI is InChI=1S/C24H19F5N4O3/c1-3-16-21-31-15-9-7-13(8-10-19(34)30-12-24(27,28)29)11-17(15)33(21)20-14(22(35)32(16)2)5-4-6-18(20)36-23(25)26/h4-7,9,11,16,23H,3,12H2,1-2H3,(H,30,34)/t16-/m1/s1. The number of carbonyl (C=O) groups is 2. The van der Waals surface area contributed by atoms with E-state index in [9.17, 15) is 31.5 Å². The molecule has 1 aliphatic heterocycles. The van der Waals surface area contributed by atoms with E-state index in [1.807, 2.05) is 6.92 Å². The summed E-state index contributed by atoms with van der Waals surface area (Å²) in [6.07, 6.45) is -4.10. The minimum atomic E-state index is -4.57. The lowest BCUT2D eigenvalue weighted by Gasteiger charge is -2.24. The molecule has 7 nitrogen and oxygen atoms in total. The molecule has 36 heavy (non-hydrogen) atoms. The molecule has 0 fully saturated rings. The molecule has 12 heteroatoms. The van der Waals surface area contributed by atoms with Crippen molar-refractivity contribution < 1.29 is 36.3 Å². The van der Waals surface area contributed by atoms with E-state index >= 15 is 0 Å². The molecule has 1 aromatic heterocycles. The maximum absolute atomic E-state index is 13.2. The summed E-state index contributed by atoms with van der Waals surface area (Å²) in [6, 6.07) is 8.37. The Morgan fingerprint density at radius 2 is 2.00 bits per heavy atom. The Morgan fingerprint density at radius 1 is 1.25 bits per heavy atom. The smallest absolute Gasteiger partial charge is 0.405 e. The van der Waals surface area contributed by atoms with E-state index in [0.717, 1.165) is 0 Å². The van der Waals surface area contributed by atoms with Crippen molar-refractivity contribution in [1.82, 2.24) is 19.8 Å². The highest BCUT2D eigenvalue weighted by Gasteiger charge is 2.35. The van der Waals surface area contributed by atoms with E-state index in [-0.39, 0.29) is 22.6 Å². The molecular formula is C24H19F5N4O3. The molecule has 0 bridgehead atoms. The Hall–Kier alpha value is -4.14. The van der Waals surface area contributed by atoms with Gasteiger partial charge in [0.2, 0.25) is 0 Å². The van der Waals surface area contributed by atoms with Crippen molar-refractivity contribution in [3.05, 3.63) is 53.3 Å². The minimum absolute atomic E-state index is 0.0797. The van der Waals surface area contributed by atoms with Crippen LogP contribution < -0.4 is 10.1 Å². The topological polar surface area (TPSA) is 76.5 Å². The van der Waals surface area contributed by atoms with Crippen molar-refractivity contribution >= 4 is 22.8 Å². The Bertz CT molecular complexity index is 1400. The lowest BCUT2D eigenvalue weighted by molar-refractivity contribution is -0.135. The third kappa shape index (κ3) is 4.82. The number of hydrogen-bond acceptors (Lipinski definition) is 4. The number of aromatic nitrogens is 2. The van der Waals surface area contributed by atoms with Gasteiger partial charge in [0.15, 0.2) is 5.75 Å². The number of imidazole rings is 1. The lowest BCUT2D eigenvalue weighted by atomic mass is 10.1. The summed E-state index contributed by atoms with van der Waals surface area (Å²) in [6.45, 7) is -2.81. The van der Waals surface area contributed by atoms with Crippen LogP contribution in [0.1, 0.15) is 41.1 Å². The van der Waals surface area contributed by atoms with Gasteiger partial charge in [-0.1, -0.05) is 18.9 Å². The number of amides is 2. The van der Waals surface area contributed by atoms with E-state index in [1.54, 1.807) is 23.0 Å². The molecule has 0 radical (unpaired) electrons. The van der Waals surface area contributed by atoms with Gasteiger partial charge in [0, 0.05) is 18.5 Å². The van der Waals surface area contributed by atoms with Gasteiger partial charge in [-0.05, 0) is 36.8 Å². The fourth-order valence-corrected chi connectivity index (χ4v) is 4.06. The molecule has 1 N–H and O–H groups in total. The van der Waals surface area contributed by atoms with E-state index < -0.39 is 37.2 Å². The average molecular weight is 506 g/mol. The zero-order chi connectivity index (χ0) is 26.2. The molecular weight excluding hydrogens is 487 g/mol. The van der Waals surface area contributed by atoms with Crippen LogP contribution in [0.2, 0.25) is 0 Å². The maximum atomic E-state index is 13.2. The molecule has 0 spiro atoms. The molecule has 188 valence electrons. The third-order valence-electron chi connectivity index (χ3n) is 5.59. The third-order valence-corrected chi connectivity index (χ3v) is 5.59. The first-order chi connectivity index (χ1) is 17.0. The number of benzene rings is 2. The Kier molecular flexibility index (Phi) is 6.58. The monoisotopic (exact) mass is 506 g/mol. The summed E-state index contributed by atoms with van der Waals surface area (Å²) < 4.78 is 69.7. The van der Waals surface area contributed by atoms with Gasteiger partial charge in [-0.25, -0.2) is 4.98 Å². The van der Waals surface area contributed by atoms with Crippen LogP contribution in [-0.4, -0.2) is 52.6 Å². The zero-order valence-electron chi connectivity index (χ0n) is 19.0. The normalized spacial score (nSPS) is 15.2. The summed E-state index contributed by atoms with van der Waals surface area (Å²) in [5.41, 5.74) is 1.31. The maximum Gasteiger partial charge on any atom is 0.405 e. The molecule has 0 aliphatic carbocycles. The molecule has 3 aromatic rings. The largest absolute Gasteiger partial charge is 0.433 e. The van der Waals surface area contributed by atoms with Gasteiger partial charge in [0.1, 0.15) is 18.1 Å². The zero-order valence-corrected chi connectivity index (χ0v) is 19.0. The van der Waals surface area contributed by atoms with Crippen LogP contribution in [0, 0.1) is 11.8 Å². The summed E-state index contributed by atoms with van der Waals surface area (Å²) >= 11 is 0. The quantitative estimate of drug-likeness (QED) is 0.425. The van der Waals surface area contributed by atoms with Crippen LogP contribution in [0.3, 0.4) is 0 Å². The van der Waals surface area contributed by atoms with Crippen LogP contribution in [0.5, 0.6) is 5.75 Å². The molecule has 1 atom stereocenters. The number of hydrogen-bond donors (Lipinski definition) is 1. The second-order valence-corrected chi connectivity index (χ2v) is 7.93. The number of rotatable bonds is 4. The molecule has 2 amide bonds. The number of nitrogens with zero attached hydrogens (tertiary/aromatic N) is 3. The van der Waals surface area contributed by atoms with Gasteiger partial charge in [-0.15, -0.1) is 0 Å². The molecule has 0 saturated heterocycles.